The fourth-order valence-corrected chi connectivity index (χ4v) is 1.92. The Labute approximate surface area is 125 Å². The number of carbonyl (C=O) groups excluding carboxylic acids is 2. The Morgan fingerprint density at radius 2 is 2.18 bits per heavy atom. The molecular formula is C12H16N8O2. The molecule has 0 amide bonds. The van der Waals surface area contributed by atoms with Gasteiger partial charge >= 0.3 is 0 Å². The van der Waals surface area contributed by atoms with Gasteiger partial charge in [0.25, 0.3) is 0 Å². The van der Waals surface area contributed by atoms with Gasteiger partial charge in [0.2, 0.25) is 5.95 Å². The van der Waals surface area contributed by atoms with Crippen LogP contribution >= 0.6 is 0 Å². The van der Waals surface area contributed by atoms with Gasteiger partial charge in [-0.05, 0) is 12.8 Å². The van der Waals surface area contributed by atoms with Gasteiger partial charge in [0.15, 0.2) is 29.5 Å². The van der Waals surface area contributed by atoms with E-state index in [1.165, 1.54) is 11.2 Å². The van der Waals surface area contributed by atoms with Crippen LogP contribution in [0.25, 0.3) is 11.2 Å². The van der Waals surface area contributed by atoms with Crippen LogP contribution in [-0.4, -0.2) is 44.5 Å². The summed E-state index contributed by atoms with van der Waals surface area (Å²) < 4.78 is 0. The number of rotatable bonds is 7. The van der Waals surface area contributed by atoms with Crippen LogP contribution in [0, 0.1) is 5.41 Å². The SMILES string of the molecule is N=C(N)N(CCCCC(=O)C=O)c1nc(N)c2[nH]cnc2n1. The molecule has 2 aromatic heterocycles. The number of nitrogens with zero attached hydrogens (tertiary/aromatic N) is 4. The van der Waals surface area contributed by atoms with Crippen molar-refractivity contribution < 1.29 is 9.59 Å². The zero-order valence-corrected chi connectivity index (χ0v) is 11.7. The van der Waals surface area contributed by atoms with E-state index < -0.39 is 5.78 Å². The van der Waals surface area contributed by atoms with Crippen molar-refractivity contribution in [3.63, 3.8) is 0 Å². The van der Waals surface area contributed by atoms with Crippen molar-refractivity contribution in [2.24, 2.45) is 5.73 Å². The minimum atomic E-state index is -0.451. The molecule has 0 atom stereocenters. The van der Waals surface area contributed by atoms with Crippen LogP contribution in [0.4, 0.5) is 11.8 Å². The zero-order valence-electron chi connectivity index (χ0n) is 11.7. The third-order valence-electron chi connectivity index (χ3n) is 3.02. The third kappa shape index (κ3) is 3.34. The lowest BCUT2D eigenvalue weighted by Gasteiger charge is -2.20. The number of unbranched alkanes of at least 4 members (excludes halogenated alkanes) is 1. The Hall–Kier alpha value is -3.04. The summed E-state index contributed by atoms with van der Waals surface area (Å²) in [5, 5.41) is 7.62. The fourth-order valence-electron chi connectivity index (χ4n) is 1.92. The van der Waals surface area contributed by atoms with Gasteiger partial charge in [0, 0.05) is 13.0 Å². The van der Waals surface area contributed by atoms with E-state index in [-0.39, 0.29) is 24.1 Å². The molecule has 2 heterocycles. The van der Waals surface area contributed by atoms with Gasteiger partial charge in [0.05, 0.1) is 6.33 Å². The second-order valence-electron chi connectivity index (χ2n) is 4.59. The number of aldehydes is 1. The van der Waals surface area contributed by atoms with E-state index in [1.54, 1.807) is 0 Å². The molecule has 6 N–H and O–H groups in total. The van der Waals surface area contributed by atoms with Gasteiger partial charge in [0.1, 0.15) is 5.52 Å². The average molecular weight is 304 g/mol. The van der Waals surface area contributed by atoms with Gasteiger partial charge in [-0.25, -0.2) is 4.98 Å². The molecule has 0 radical (unpaired) electrons. The summed E-state index contributed by atoms with van der Waals surface area (Å²) in [5.41, 5.74) is 12.2. The van der Waals surface area contributed by atoms with Crippen molar-refractivity contribution in [3.05, 3.63) is 6.33 Å². The highest BCUT2D eigenvalue weighted by Gasteiger charge is 2.16. The number of Topliss-reactive ketones (excluding diaryl/α,β-unsaturated/α-hetero) is 1. The molecule has 0 spiro atoms. The monoisotopic (exact) mass is 304 g/mol. The van der Waals surface area contributed by atoms with Gasteiger partial charge in [-0.3, -0.25) is 19.9 Å². The van der Waals surface area contributed by atoms with Crippen LogP contribution < -0.4 is 16.4 Å². The number of aromatic amines is 1. The number of anilines is 2. The van der Waals surface area contributed by atoms with Crippen molar-refractivity contribution in [2.75, 3.05) is 17.2 Å². The zero-order chi connectivity index (χ0) is 16.1. The number of nitrogens with one attached hydrogen (secondary N) is 2. The predicted octanol–water partition coefficient (Wildman–Crippen LogP) is -0.427. The first-order chi connectivity index (χ1) is 10.5. The number of hydrogen-bond acceptors (Lipinski definition) is 7. The molecule has 0 aromatic carbocycles. The van der Waals surface area contributed by atoms with Crippen LogP contribution in [0.2, 0.25) is 0 Å². The maximum atomic E-state index is 10.9. The second kappa shape index (κ2) is 6.61. The molecule has 0 unspecified atom stereocenters. The highest BCUT2D eigenvalue weighted by atomic mass is 16.2. The van der Waals surface area contributed by atoms with Crippen LogP contribution in [0.15, 0.2) is 6.33 Å². The summed E-state index contributed by atoms with van der Waals surface area (Å²) in [5.74, 6) is -0.310. The Morgan fingerprint density at radius 1 is 1.41 bits per heavy atom. The quantitative estimate of drug-likeness (QED) is 0.176. The number of carbonyl (C=O) groups is 2. The summed E-state index contributed by atoms with van der Waals surface area (Å²) in [6.45, 7) is 0.330. The summed E-state index contributed by atoms with van der Waals surface area (Å²) in [6, 6.07) is 0. The third-order valence-corrected chi connectivity index (χ3v) is 3.02. The molecule has 0 aliphatic carbocycles. The Balaban J connectivity index is 2.10. The van der Waals surface area contributed by atoms with Gasteiger partial charge in [-0.15, -0.1) is 0 Å². The minimum Gasteiger partial charge on any atom is -0.382 e. The first kappa shape index (κ1) is 15.4. The molecule has 2 rings (SSSR count). The molecule has 22 heavy (non-hydrogen) atoms. The first-order valence-electron chi connectivity index (χ1n) is 6.59. The predicted molar refractivity (Wildman–Crippen MR) is 80.3 cm³/mol. The Bertz CT molecular complexity index is 710. The summed E-state index contributed by atoms with van der Waals surface area (Å²) in [7, 11) is 0. The van der Waals surface area contributed by atoms with E-state index in [0.717, 1.165) is 0 Å². The van der Waals surface area contributed by atoms with Crippen LogP contribution in [0.5, 0.6) is 0 Å². The molecule has 10 heteroatoms. The summed E-state index contributed by atoms with van der Waals surface area (Å²) >= 11 is 0. The number of H-pyrrole nitrogens is 1. The van der Waals surface area contributed by atoms with Crippen LogP contribution in [-0.2, 0) is 9.59 Å². The fraction of sp³-hybridized carbons (Fsp3) is 0.333. The molecule has 0 fully saturated rings. The van der Waals surface area contributed by atoms with Gasteiger partial charge in [-0.2, -0.15) is 9.97 Å². The average Bonchev–Trinajstić information content (AvgIpc) is 2.95. The number of imidazole rings is 1. The van der Waals surface area contributed by atoms with Crippen molar-refractivity contribution in [1.82, 2.24) is 19.9 Å². The molecule has 2 aromatic rings. The van der Waals surface area contributed by atoms with E-state index >= 15 is 0 Å². The largest absolute Gasteiger partial charge is 0.382 e. The van der Waals surface area contributed by atoms with Crippen molar-refractivity contribution >= 4 is 41.0 Å². The highest BCUT2D eigenvalue weighted by Crippen LogP contribution is 2.18. The second-order valence-corrected chi connectivity index (χ2v) is 4.59. The molecule has 116 valence electrons. The number of guanidine groups is 1. The maximum Gasteiger partial charge on any atom is 0.236 e. The standard InChI is InChI=1S/C12H16N8O2/c13-9-8-10(17-6-16-8)19-12(18-9)20(11(14)15)4-2-1-3-7(22)5-21/h5-6H,1-4H2,(H3,14,15)(H3,13,16,17,18,19). The summed E-state index contributed by atoms with van der Waals surface area (Å²) in [6.07, 6.45) is 2.96. The molecule has 0 aliphatic rings. The molecule has 0 saturated heterocycles. The Kier molecular flexibility index (Phi) is 4.61. The maximum absolute atomic E-state index is 10.9. The number of nitrogens with two attached hydrogens (primary N) is 2. The number of ketones is 1. The van der Waals surface area contributed by atoms with E-state index in [2.05, 4.69) is 19.9 Å². The molecule has 0 aliphatic heterocycles. The molecule has 10 nitrogen and oxygen atoms in total. The van der Waals surface area contributed by atoms with E-state index in [1.807, 2.05) is 0 Å². The Morgan fingerprint density at radius 3 is 2.86 bits per heavy atom. The number of hydrogen-bond donors (Lipinski definition) is 4. The topological polar surface area (TPSA) is 168 Å². The lowest BCUT2D eigenvalue weighted by molar-refractivity contribution is -0.129. The molecule has 0 saturated carbocycles. The highest BCUT2D eigenvalue weighted by molar-refractivity contribution is 6.24. The van der Waals surface area contributed by atoms with Crippen molar-refractivity contribution in [3.8, 4) is 0 Å². The lowest BCUT2D eigenvalue weighted by Crippen LogP contribution is -2.38. The molecule has 0 bridgehead atoms. The van der Waals surface area contributed by atoms with E-state index in [9.17, 15) is 9.59 Å². The van der Waals surface area contributed by atoms with Crippen LogP contribution in [0.1, 0.15) is 19.3 Å². The first-order valence-corrected chi connectivity index (χ1v) is 6.59. The number of aromatic nitrogens is 4. The molecular weight excluding hydrogens is 288 g/mol. The normalized spacial score (nSPS) is 10.5. The lowest BCUT2D eigenvalue weighted by atomic mass is 10.2. The summed E-state index contributed by atoms with van der Waals surface area (Å²) in [4.78, 5) is 37.7. The van der Waals surface area contributed by atoms with Gasteiger partial charge in [-0.1, -0.05) is 0 Å². The van der Waals surface area contributed by atoms with Crippen LogP contribution in [0.3, 0.4) is 0 Å². The number of nitrogen functional groups attached to an aromatic ring is 1. The van der Waals surface area contributed by atoms with Crippen molar-refractivity contribution in [1.29, 1.82) is 5.41 Å². The number of fused-ring (bicyclic) bond motifs is 1. The van der Waals surface area contributed by atoms with E-state index in [0.29, 0.717) is 36.8 Å². The smallest absolute Gasteiger partial charge is 0.236 e. The minimum absolute atomic E-state index is 0.163. The van der Waals surface area contributed by atoms with E-state index in [4.69, 9.17) is 16.9 Å². The van der Waals surface area contributed by atoms with Gasteiger partial charge < -0.3 is 16.5 Å². The van der Waals surface area contributed by atoms with Crippen molar-refractivity contribution in [2.45, 2.75) is 19.3 Å².